The number of piperidine rings is 2. The molecule has 0 aromatic carbocycles. The maximum Gasteiger partial charge on any atom is 0.0922 e. The molecule has 0 aliphatic carbocycles. The molecule has 2 N–H and O–H groups in total. The van der Waals surface area contributed by atoms with Gasteiger partial charge in [0.25, 0.3) is 0 Å². The van der Waals surface area contributed by atoms with Crippen LogP contribution in [0.25, 0.3) is 0 Å². The van der Waals surface area contributed by atoms with Gasteiger partial charge in [0.15, 0.2) is 0 Å². The molecule has 2 aliphatic rings. The van der Waals surface area contributed by atoms with E-state index in [1.165, 1.54) is 24.9 Å². The Morgan fingerprint density at radius 1 is 1.12 bits per heavy atom. The zero-order valence-corrected chi connectivity index (χ0v) is 14.6. The number of pyridine rings is 1. The average Bonchev–Trinajstić information content (AvgIpc) is 3.18. The summed E-state index contributed by atoms with van der Waals surface area (Å²) in [6.45, 7) is 5.40. The van der Waals surface area contributed by atoms with Crippen molar-refractivity contribution in [3.8, 4) is 0 Å². The highest BCUT2D eigenvalue weighted by Gasteiger charge is 2.44. The maximum atomic E-state index is 10.1. The number of imidazole rings is 1. The van der Waals surface area contributed by atoms with E-state index in [2.05, 4.69) is 36.9 Å². The van der Waals surface area contributed by atoms with Gasteiger partial charge in [-0.2, -0.15) is 0 Å². The van der Waals surface area contributed by atoms with Crippen LogP contribution >= 0.6 is 0 Å². The molecule has 0 bridgehead atoms. The molecular weight excluding hydrogens is 314 g/mol. The van der Waals surface area contributed by atoms with Gasteiger partial charge >= 0.3 is 0 Å². The van der Waals surface area contributed by atoms with E-state index in [4.69, 9.17) is 0 Å². The van der Waals surface area contributed by atoms with Gasteiger partial charge in [-0.25, -0.2) is 4.98 Å². The smallest absolute Gasteiger partial charge is 0.0922 e. The molecule has 4 rings (SSSR count). The minimum Gasteiger partial charge on any atom is -0.396 e. The number of nitrogens with one attached hydrogen (secondary N) is 1. The molecule has 2 fully saturated rings. The number of aromatic amines is 1. The van der Waals surface area contributed by atoms with Gasteiger partial charge in [0.05, 0.1) is 6.33 Å². The molecule has 1 spiro atoms. The molecule has 2 saturated heterocycles. The monoisotopic (exact) mass is 341 g/mol. The molecule has 1 unspecified atom stereocenters. The van der Waals surface area contributed by atoms with Crippen molar-refractivity contribution >= 4 is 5.69 Å². The summed E-state index contributed by atoms with van der Waals surface area (Å²) in [5, 5.41) is 10.1. The normalized spacial score (nSPS) is 23.9. The molecule has 0 radical (unpaired) electrons. The summed E-state index contributed by atoms with van der Waals surface area (Å²) in [5.41, 5.74) is 2.71. The number of aromatic nitrogens is 3. The molecule has 2 aromatic heterocycles. The van der Waals surface area contributed by atoms with Crippen LogP contribution in [-0.4, -0.2) is 57.7 Å². The molecule has 6 heteroatoms. The van der Waals surface area contributed by atoms with Gasteiger partial charge in [0.2, 0.25) is 0 Å². The number of aliphatic hydroxyl groups excluding tert-OH is 1. The molecule has 2 aromatic rings. The highest BCUT2D eigenvalue weighted by Crippen LogP contribution is 2.45. The second kappa shape index (κ2) is 7.14. The van der Waals surface area contributed by atoms with Crippen LogP contribution in [0.4, 0.5) is 5.69 Å². The van der Waals surface area contributed by atoms with Crippen LogP contribution in [0.1, 0.15) is 25.0 Å². The third kappa shape index (κ3) is 3.41. The van der Waals surface area contributed by atoms with Crippen molar-refractivity contribution < 1.29 is 5.11 Å². The molecule has 25 heavy (non-hydrogen) atoms. The Hall–Kier alpha value is -1.92. The Bertz CT molecular complexity index is 652. The van der Waals surface area contributed by atoms with Gasteiger partial charge in [0.1, 0.15) is 0 Å². The summed E-state index contributed by atoms with van der Waals surface area (Å²) in [6, 6.07) is 4.18. The lowest BCUT2D eigenvalue weighted by Crippen LogP contribution is -2.53. The van der Waals surface area contributed by atoms with E-state index in [9.17, 15) is 5.11 Å². The minimum atomic E-state index is 0.286. The van der Waals surface area contributed by atoms with Crippen molar-refractivity contribution in [2.45, 2.75) is 25.8 Å². The zero-order valence-electron chi connectivity index (χ0n) is 14.6. The van der Waals surface area contributed by atoms with Gasteiger partial charge in [0, 0.05) is 68.7 Å². The first kappa shape index (κ1) is 16.5. The number of rotatable bonds is 4. The van der Waals surface area contributed by atoms with Crippen molar-refractivity contribution in [1.29, 1.82) is 0 Å². The van der Waals surface area contributed by atoms with Crippen molar-refractivity contribution in [2.75, 3.05) is 37.7 Å². The Morgan fingerprint density at radius 2 is 1.88 bits per heavy atom. The Balaban J connectivity index is 1.39. The fourth-order valence-electron chi connectivity index (χ4n) is 4.61. The highest BCUT2D eigenvalue weighted by atomic mass is 16.3. The van der Waals surface area contributed by atoms with Gasteiger partial charge in [-0.3, -0.25) is 9.88 Å². The van der Waals surface area contributed by atoms with E-state index in [1.54, 1.807) is 6.33 Å². The average molecular weight is 341 g/mol. The van der Waals surface area contributed by atoms with Gasteiger partial charge in [-0.15, -0.1) is 0 Å². The van der Waals surface area contributed by atoms with E-state index >= 15 is 0 Å². The molecule has 134 valence electrons. The fourth-order valence-corrected chi connectivity index (χ4v) is 4.61. The standard InChI is InChI=1S/C19H27N5O/c25-14-16-12-23(13-17-11-21-15-22-17)8-3-19(16)4-9-24(10-5-19)18-1-6-20-7-2-18/h1-2,6-7,11,15-16,25H,3-5,8-10,12-14H2,(H,21,22). The van der Waals surface area contributed by atoms with Crippen LogP contribution in [-0.2, 0) is 6.54 Å². The van der Waals surface area contributed by atoms with Gasteiger partial charge in [-0.1, -0.05) is 0 Å². The van der Waals surface area contributed by atoms with Crippen molar-refractivity contribution in [3.05, 3.63) is 42.7 Å². The fraction of sp³-hybridized carbons (Fsp3) is 0.579. The lowest BCUT2D eigenvalue weighted by molar-refractivity contribution is -0.0198. The van der Waals surface area contributed by atoms with Crippen LogP contribution in [0.5, 0.6) is 0 Å². The van der Waals surface area contributed by atoms with E-state index in [0.717, 1.165) is 38.4 Å². The van der Waals surface area contributed by atoms with E-state index in [1.807, 2.05) is 18.6 Å². The first-order chi connectivity index (χ1) is 12.3. The number of likely N-dealkylation sites (tertiary alicyclic amines) is 1. The van der Waals surface area contributed by atoms with Crippen LogP contribution in [0.3, 0.4) is 0 Å². The largest absolute Gasteiger partial charge is 0.396 e. The molecular formula is C19H27N5O. The lowest BCUT2D eigenvalue weighted by Gasteiger charge is -2.51. The van der Waals surface area contributed by atoms with Gasteiger partial charge < -0.3 is 15.0 Å². The molecule has 0 amide bonds. The molecule has 6 nitrogen and oxygen atoms in total. The summed E-state index contributed by atoms with van der Waals surface area (Å²) in [6.07, 6.45) is 10.9. The zero-order chi connectivity index (χ0) is 17.1. The summed E-state index contributed by atoms with van der Waals surface area (Å²) < 4.78 is 0. The van der Waals surface area contributed by atoms with Crippen molar-refractivity contribution in [3.63, 3.8) is 0 Å². The Labute approximate surface area is 148 Å². The third-order valence-electron chi connectivity index (χ3n) is 6.23. The molecule has 4 heterocycles. The Morgan fingerprint density at radius 3 is 2.56 bits per heavy atom. The number of aliphatic hydroxyl groups is 1. The molecule has 0 saturated carbocycles. The van der Waals surface area contributed by atoms with E-state index < -0.39 is 0 Å². The van der Waals surface area contributed by atoms with Crippen molar-refractivity contribution in [1.82, 2.24) is 19.9 Å². The minimum absolute atomic E-state index is 0.286. The first-order valence-electron chi connectivity index (χ1n) is 9.24. The van der Waals surface area contributed by atoms with Crippen LogP contribution in [0, 0.1) is 11.3 Å². The van der Waals surface area contributed by atoms with Gasteiger partial charge in [-0.05, 0) is 43.4 Å². The number of hydrogen-bond acceptors (Lipinski definition) is 5. The van der Waals surface area contributed by atoms with Crippen molar-refractivity contribution in [2.24, 2.45) is 11.3 Å². The predicted molar refractivity (Wildman–Crippen MR) is 97.2 cm³/mol. The SMILES string of the molecule is OCC1CN(Cc2cnc[nH]2)CCC12CCN(c1ccncc1)CC2. The summed E-state index contributed by atoms with van der Waals surface area (Å²) in [4.78, 5) is 16.3. The molecule has 1 atom stereocenters. The number of hydrogen-bond donors (Lipinski definition) is 2. The topological polar surface area (TPSA) is 68.3 Å². The van der Waals surface area contributed by atoms with E-state index in [-0.39, 0.29) is 6.61 Å². The summed E-state index contributed by atoms with van der Waals surface area (Å²) in [5.74, 6) is 0.365. The van der Waals surface area contributed by atoms with Crippen LogP contribution in [0.15, 0.2) is 37.1 Å². The third-order valence-corrected chi connectivity index (χ3v) is 6.23. The Kier molecular flexibility index (Phi) is 4.72. The predicted octanol–water partition coefficient (Wildman–Crippen LogP) is 1.91. The number of nitrogens with zero attached hydrogens (tertiary/aromatic N) is 4. The summed E-state index contributed by atoms with van der Waals surface area (Å²) in [7, 11) is 0. The number of anilines is 1. The highest BCUT2D eigenvalue weighted by molar-refractivity contribution is 5.45. The number of H-pyrrole nitrogens is 1. The van der Waals surface area contributed by atoms with E-state index in [0.29, 0.717) is 11.3 Å². The molecule has 2 aliphatic heterocycles. The lowest BCUT2D eigenvalue weighted by atomic mass is 9.64. The second-order valence-electron chi connectivity index (χ2n) is 7.50. The maximum absolute atomic E-state index is 10.1. The summed E-state index contributed by atoms with van der Waals surface area (Å²) >= 11 is 0. The van der Waals surface area contributed by atoms with Crippen LogP contribution in [0.2, 0.25) is 0 Å². The quantitative estimate of drug-likeness (QED) is 0.889. The first-order valence-corrected chi connectivity index (χ1v) is 9.24. The second-order valence-corrected chi connectivity index (χ2v) is 7.50. The van der Waals surface area contributed by atoms with Crippen LogP contribution < -0.4 is 4.90 Å².